The average Bonchev–Trinajstić information content (AvgIpc) is 3.56. The summed E-state index contributed by atoms with van der Waals surface area (Å²) < 4.78 is 7.51. The van der Waals surface area contributed by atoms with E-state index in [-0.39, 0.29) is 18.2 Å². The zero-order valence-electron chi connectivity index (χ0n) is 16.8. The summed E-state index contributed by atoms with van der Waals surface area (Å²) in [5, 5.41) is 0. The van der Waals surface area contributed by atoms with Crippen molar-refractivity contribution in [2.75, 3.05) is 0 Å². The molecule has 148 valence electrons. The lowest BCUT2D eigenvalue weighted by Crippen LogP contribution is -2.25. The summed E-state index contributed by atoms with van der Waals surface area (Å²) >= 11 is 0. The van der Waals surface area contributed by atoms with Crippen LogP contribution in [-0.4, -0.2) is 14.5 Å². The van der Waals surface area contributed by atoms with Gasteiger partial charge in [-0.25, -0.2) is 9.97 Å². The topological polar surface area (TPSA) is 57.0 Å². The van der Waals surface area contributed by atoms with E-state index in [0.717, 1.165) is 17.2 Å². The van der Waals surface area contributed by atoms with Gasteiger partial charge in [-0.05, 0) is 55.9 Å². The summed E-state index contributed by atoms with van der Waals surface area (Å²) in [6, 6.07) is 13.5. The summed E-state index contributed by atoms with van der Waals surface area (Å²) in [5.41, 5.74) is 3.07. The zero-order chi connectivity index (χ0) is 20.2. The van der Waals surface area contributed by atoms with Gasteiger partial charge >= 0.3 is 0 Å². The van der Waals surface area contributed by atoms with E-state index in [1.807, 2.05) is 19.9 Å². The lowest BCUT2D eigenvalue weighted by atomic mass is 10.0. The number of nitrogens with zero attached hydrogens (tertiary/aromatic N) is 3. The molecule has 5 nitrogen and oxygen atoms in total. The molecule has 0 amide bonds. The van der Waals surface area contributed by atoms with Crippen molar-refractivity contribution >= 4 is 6.08 Å². The molecule has 4 rings (SSSR count). The normalized spacial score (nSPS) is 14.8. The number of ether oxygens (including phenoxy) is 1. The van der Waals surface area contributed by atoms with Crippen LogP contribution in [0.25, 0.3) is 6.08 Å². The third-order valence-electron chi connectivity index (χ3n) is 5.21. The Labute approximate surface area is 170 Å². The highest BCUT2D eigenvalue weighted by Crippen LogP contribution is 2.31. The van der Waals surface area contributed by atoms with Gasteiger partial charge < -0.3 is 9.30 Å². The number of rotatable bonds is 7. The van der Waals surface area contributed by atoms with E-state index in [9.17, 15) is 4.79 Å². The van der Waals surface area contributed by atoms with E-state index in [2.05, 4.69) is 46.4 Å². The Hall–Kier alpha value is -3.21. The summed E-state index contributed by atoms with van der Waals surface area (Å²) in [6.07, 6.45) is 10.4. The number of hydrogen-bond acceptors (Lipinski definition) is 4. The predicted molar refractivity (Wildman–Crippen MR) is 114 cm³/mol. The van der Waals surface area contributed by atoms with Gasteiger partial charge in [0, 0.05) is 24.2 Å². The molecule has 2 aromatic heterocycles. The summed E-state index contributed by atoms with van der Waals surface area (Å²) in [4.78, 5) is 21.0. The SMILES string of the molecule is Cc1cc(OCc2ncccn2)cc(=O)n1[C@H](C)c1ccc(/C=C/C2CC2)cc1. The second kappa shape index (κ2) is 8.43. The fraction of sp³-hybridized carbons (Fsp3) is 0.292. The molecule has 2 heterocycles. The van der Waals surface area contributed by atoms with Crippen molar-refractivity contribution in [3.05, 3.63) is 93.9 Å². The molecule has 1 aliphatic carbocycles. The molecule has 5 heteroatoms. The van der Waals surface area contributed by atoms with Crippen molar-refractivity contribution in [2.45, 2.75) is 39.3 Å². The molecule has 1 aliphatic rings. The summed E-state index contributed by atoms with van der Waals surface area (Å²) in [7, 11) is 0. The molecule has 3 aromatic rings. The van der Waals surface area contributed by atoms with Gasteiger partial charge in [-0.15, -0.1) is 0 Å². The average molecular weight is 387 g/mol. The van der Waals surface area contributed by atoms with Crippen LogP contribution in [0, 0.1) is 12.8 Å². The fourth-order valence-electron chi connectivity index (χ4n) is 3.38. The van der Waals surface area contributed by atoms with Crippen LogP contribution in [0.3, 0.4) is 0 Å². The quantitative estimate of drug-likeness (QED) is 0.596. The molecule has 1 saturated carbocycles. The highest BCUT2D eigenvalue weighted by Gasteiger charge is 2.17. The molecule has 1 atom stereocenters. The van der Waals surface area contributed by atoms with Crippen molar-refractivity contribution < 1.29 is 4.74 Å². The first kappa shape index (κ1) is 19.1. The van der Waals surface area contributed by atoms with Crippen molar-refractivity contribution in [1.29, 1.82) is 0 Å². The van der Waals surface area contributed by atoms with Crippen LogP contribution in [0.4, 0.5) is 0 Å². The van der Waals surface area contributed by atoms with Gasteiger partial charge in [0.05, 0.1) is 6.04 Å². The van der Waals surface area contributed by atoms with E-state index >= 15 is 0 Å². The number of aromatic nitrogens is 3. The Balaban J connectivity index is 1.49. The smallest absolute Gasteiger partial charge is 0.254 e. The number of hydrogen-bond donors (Lipinski definition) is 0. The van der Waals surface area contributed by atoms with Gasteiger partial charge in [0.1, 0.15) is 12.4 Å². The second-order valence-electron chi connectivity index (χ2n) is 7.53. The third-order valence-corrected chi connectivity index (χ3v) is 5.21. The van der Waals surface area contributed by atoms with E-state index in [0.29, 0.717) is 11.6 Å². The first-order valence-corrected chi connectivity index (χ1v) is 10.0. The van der Waals surface area contributed by atoms with Crippen LogP contribution in [0.1, 0.15) is 48.5 Å². The molecular formula is C24H25N3O2. The van der Waals surface area contributed by atoms with Crippen LogP contribution in [0.15, 0.2) is 65.7 Å². The van der Waals surface area contributed by atoms with E-state index in [1.54, 1.807) is 23.0 Å². The predicted octanol–water partition coefficient (Wildman–Crippen LogP) is 4.56. The maximum absolute atomic E-state index is 12.8. The molecule has 0 bridgehead atoms. The minimum atomic E-state index is -0.0841. The monoisotopic (exact) mass is 387 g/mol. The number of benzene rings is 1. The molecule has 29 heavy (non-hydrogen) atoms. The van der Waals surface area contributed by atoms with Gasteiger partial charge in [0.25, 0.3) is 5.56 Å². The Kier molecular flexibility index (Phi) is 5.56. The maximum atomic E-state index is 12.8. The lowest BCUT2D eigenvalue weighted by molar-refractivity contribution is 0.294. The van der Waals surface area contributed by atoms with E-state index < -0.39 is 0 Å². The zero-order valence-corrected chi connectivity index (χ0v) is 16.8. The Morgan fingerprint density at radius 1 is 1.17 bits per heavy atom. The molecule has 0 N–H and O–H groups in total. The van der Waals surface area contributed by atoms with Crippen molar-refractivity contribution in [3.63, 3.8) is 0 Å². The largest absolute Gasteiger partial charge is 0.485 e. The Morgan fingerprint density at radius 3 is 2.55 bits per heavy atom. The third kappa shape index (κ3) is 4.80. The van der Waals surface area contributed by atoms with Crippen LogP contribution in [-0.2, 0) is 6.61 Å². The molecule has 0 spiro atoms. The minimum Gasteiger partial charge on any atom is -0.485 e. The summed E-state index contributed by atoms with van der Waals surface area (Å²) in [6.45, 7) is 4.20. The van der Waals surface area contributed by atoms with Gasteiger partial charge in [-0.3, -0.25) is 4.79 Å². The highest BCUT2D eigenvalue weighted by atomic mass is 16.5. The highest BCUT2D eigenvalue weighted by molar-refractivity contribution is 5.50. The van der Waals surface area contributed by atoms with Gasteiger partial charge in [-0.2, -0.15) is 0 Å². The minimum absolute atomic E-state index is 0.0598. The fourth-order valence-corrected chi connectivity index (χ4v) is 3.38. The van der Waals surface area contributed by atoms with Gasteiger partial charge in [-0.1, -0.05) is 36.4 Å². The van der Waals surface area contributed by atoms with Crippen LogP contribution in [0.5, 0.6) is 5.75 Å². The van der Waals surface area contributed by atoms with Gasteiger partial charge in [0.2, 0.25) is 0 Å². The van der Waals surface area contributed by atoms with Gasteiger partial charge in [0.15, 0.2) is 5.82 Å². The van der Waals surface area contributed by atoms with Crippen LogP contribution >= 0.6 is 0 Å². The molecule has 0 unspecified atom stereocenters. The Bertz CT molecular complexity index is 1050. The van der Waals surface area contributed by atoms with E-state index in [4.69, 9.17) is 4.74 Å². The van der Waals surface area contributed by atoms with Crippen molar-refractivity contribution in [2.24, 2.45) is 5.92 Å². The van der Waals surface area contributed by atoms with Crippen molar-refractivity contribution in [1.82, 2.24) is 14.5 Å². The van der Waals surface area contributed by atoms with Crippen LogP contribution < -0.4 is 10.3 Å². The second-order valence-corrected chi connectivity index (χ2v) is 7.53. The maximum Gasteiger partial charge on any atom is 0.254 e. The number of aryl methyl sites for hydroxylation is 1. The molecule has 1 fully saturated rings. The van der Waals surface area contributed by atoms with Crippen LogP contribution in [0.2, 0.25) is 0 Å². The molecule has 0 aliphatic heterocycles. The molecular weight excluding hydrogens is 362 g/mol. The first-order valence-electron chi connectivity index (χ1n) is 10.0. The van der Waals surface area contributed by atoms with Crippen molar-refractivity contribution in [3.8, 4) is 5.75 Å². The number of allylic oxidation sites excluding steroid dienone is 1. The molecule has 0 radical (unpaired) electrons. The Morgan fingerprint density at radius 2 is 1.90 bits per heavy atom. The lowest BCUT2D eigenvalue weighted by Gasteiger charge is -2.19. The molecule has 1 aromatic carbocycles. The summed E-state index contributed by atoms with van der Waals surface area (Å²) in [5.74, 6) is 1.88. The number of pyridine rings is 1. The standard InChI is InChI=1S/C24H25N3O2/c1-17-14-22(29-16-23-25-12-3-13-26-23)15-24(28)27(17)18(2)21-10-8-20(9-11-21)7-6-19-4-5-19/h3,6-15,18-19H,4-5,16H2,1-2H3/b7-6+/t18-/m1/s1. The van der Waals surface area contributed by atoms with E-state index in [1.165, 1.54) is 24.5 Å². The first-order chi connectivity index (χ1) is 14.1. The molecule has 0 saturated heterocycles.